The zero-order chi connectivity index (χ0) is 10.7. The predicted molar refractivity (Wildman–Crippen MR) is 66.0 cm³/mol. The lowest BCUT2D eigenvalue weighted by Crippen LogP contribution is -1.97. The van der Waals surface area contributed by atoms with Crippen molar-refractivity contribution < 1.29 is 0 Å². The monoisotopic (exact) mass is 198 g/mol. The molecule has 0 aliphatic heterocycles. The molecule has 0 heterocycles. The molecule has 0 aromatic heterocycles. The van der Waals surface area contributed by atoms with Crippen LogP contribution in [0.5, 0.6) is 0 Å². The third kappa shape index (κ3) is 2.38. The molecular weight excluding hydrogens is 180 g/mol. The maximum Gasteiger partial charge on any atom is -0.00238 e. The Morgan fingerprint density at radius 1 is 1.13 bits per heavy atom. The zero-order valence-electron chi connectivity index (χ0n) is 9.59. The van der Waals surface area contributed by atoms with Gasteiger partial charge in [-0.05, 0) is 49.8 Å². The Hall–Kier alpha value is -1.30. The maximum atomic E-state index is 2.30. The highest BCUT2D eigenvalue weighted by molar-refractivity contribution is 5.37. The molecule has 0 bridgehead atoms. The van der Waals surface area contributed by atoms with E-state index in [1.165, 1.54) is 29.5 Å². The number of hydrogen-bond donors (Lipinski definition) is 0. The molecule has 1 aromatic carbocycles. The summed E-state index contributed by atoms with van der Waals surface area (Å²) in [5, 5.41) is 0. The van der Waals surface area contributed by atoms with Crippen LogP contribution in [0, 0.1) is 6.92 Å². The highest BCUT2D eigenvalue weighted by atomic mass is 14.1. The van der Waals surface area contributed by atoms with E-state index < -0.39 is 0 Å². The van der Waals surface area contributed by atoms with Gasteiger partial charge in [0.2, 0.25) is 0 Å². The number of hydrogen-bond acceptors (Lipinski definition) is 0. The molecule has 0 amide bonds. The average molecular weight is 198 g/mol. The van der Waals surface area contributed by atoms with E-state index in [1.54, 1.807) is 5.57 Å². The minimum Gasteiger partial charge on any atom is -0.0839 e. The van der Waals surface area contributed by atoms with Gasteiger partial charge in [0.25, 0.3) is 0 Å². The minimum atomic E-state index is 1.09. The van der Waals surface area contributed by atoms with Crippen molar-refractivity contribution in [3.05, 3.63) is 58.7 Å². The Kier molecular flexibility index (Phi) is 3.05. The van der Waals surface area contributed by atoms with Crippen molar-refractivity contribution in [3.63, 3.8) is 0 Å². The van der Waals surface area contributed by atoms with E-state index in [0.29, 0.717) is 0 Å². The second-order valence-corrected chi connectivity index (χ2v) is 4.35. The van der Waals surface area contributed by atoms with Crippen LogP contribution in [0.3, 0.4) is 0 Å². The Morgan fingerprint density at radius 2 is 1.93 bits per heavy atom. The average Bonchev–Trinajstić information content (AvgIpc) is 2.24. The normalized spacial score (nSPS) is 15.9. The van der Waals surface area contributed by atoms with Gasteiger partial charge in [-0.3, -0.25) is 0 Å². The third-order valence-corrected chi connectivity index (χ3v) is 3.20. The van der Waals surface area contributed by atoms with Crippen LogP contribution in [0.15, 0.2) is 47.6 Å². The van der Waals surface area contributed by atoms with E-state index in [1.807, 2.05) is 0 Å². The number of aryl methyl sites for hydroxylation is 1. The van der Waals surface area contributed by atoms with Crippen LogP contribution in [0.4, 0.5) is 0 Å². The second kappa shape index (κ2) is 4.48. The smallest absolute Gasteiger partial charge is 0.00238 e. The van der Waals surface area contributed by atoms with Gasteiger partial charge >= 0.3 is 0 Å². The molecule has 0 saturated heterocycles. The molecule has 78 valence electrons. The van der Waals surface area contributed by atoms with Crippen LogP contribution >= 0.6 is 0 Å². The number of rotatable bonds is 2. The largest absolute Gasteiger partial charge is 0.0839 e. The van der Waals surface area contributed by atoms with Crippen LogP contribution in [0.2, 0.25) is 0 Å². The van der Waals surface area contributed by atoms with Gasteiger partial charge in [0.1, 0.15) is 0 Å². The summed E-state index contributed by atoms with van der Waals surface area (Å²) in [4.78, 5) is 0. The van der Waals surface area contributed by atoms with Gasteiger partial charge in [0, 0.05) is 0 Å². The second-order valence-electron chi connectivity index (χ2n) is 4.35. The fourth-order valence-electron chi connectivity index (χ4n) is 2.05. The molecule has 1 aliphatic rings. The van der Waals surface area contributed by atoms with Crippen LogP contribution in [0.25, 0.3) is 0 Å². The summed E-state index contributed by atoms with van der Waals surface area (Å²) in [5.41, 5.74) is 5.92. The van der Waals surface area contributed by atoms with Crippen molar-refractivity contribution in [2.75, 3.05) is 0 Å². The van der Waals surface area contributed by atoms with Crippen molar-refractivity contribution >= 4 is 0 Å². The van der Waals surface area contributed by atoms with E-state index in [-0.39, 0.29) is 0 Å². The van der Waals surface area contributed by atoms with Gasteiger partial charge in [0.05, 0.1) is 0 Å². The molecule has 2 rings (SSSR count). The molecule has 0 heteroatoms. The van der Waals surface area contributed by atoms with E-state index in [4.69, 9.17) is 0 Å². The number of allylic oxidation sites excluding steroid dienone is 4. The van der Waals surface area contributed by atoms with Crippen molar-refractivity contribution in [1.29, 1.82) is 0 Å². The molecule has 0 N–H and O–H groups in total. The number of benzene rings is 1. The Labute approximate surface area is 92.3 Å². The molecule has 0 nitrogen and oxygen atoms in total. The van der Waals surface area contributed by atoms with E-state index in [0.717, 1.165) is 6.42 Å². The minimum absolute atomic E-state index is 1.09. The molecule has 1 aromatic rings. The van der Waals surface area contributed by atoms with Crippen LogP contribution in [0.1, 0.15) is 30.9 Å². The quantitative estimate of drug-likeness (QED) is 0.668. The van der Waals surface area contributed by atoms with Gasteiger partial charge in [-0.25, -0.2) is 0 Å². The SMILES string of the molecule is CC1=C(Cc2ccccc2C)C=CCC1. The first-order chi connectivity index (χ1) is 7.27. The third-order valence-electron chi connectivity index (χ3n) is 3.20. The summed E-state index contributed by atoms with van der Waals surface area (Å²) >= 11 is 0. The summed E-state index contributed by atoms with van der Waals surface area (Å²) in [6.07, 6.45) is 8.13. The molecule has 0 atom stereocenters. The summed E-state index contributed by atoms with van der Waals surface area (Å²) in [5.74, 6) is 0. The fourth-order valence-corrected chi connectivity index (χ4v) is 2.05. The molecule has 0 saturated carbocycles. The molecule has 0 radical (unpaired) electrons. The summed E-state index contributed by atoms with van der Waals surface area (Å²) < 4.78 is 0. The zero-order valence-corrected chi connectivity index (χ0v) is 9.59. The first-order valence-electron chi connectivity index (χ1n) is 5.67. The van der Waals surface area contributed by atoms with Crippen molar-refractivity contribution in [1.82, 2.24) is 0 Å². The van der Waals surface area contributed by atoms with Crippen molar-refractivity contribution in [3.8, 4) is 0 Å². The Bertz CT molecular complexity index is 408. The van der Waals surface area contributed by atoms with Crippen molar-refractivity contribution in [2.45, 2.75) is 33.1 Å². The summed E-state index contributed by atoms with van der Waals surface area (Å²) in [6, 6.07) is 8.66. The Morgan fingerprint density at radius 3 is 2.67 bits per heavy atom. The van der Waals surface area contributed by atoms with E-state index in [9.17, 15) is 0 Å². The molecule has 15 heavy (non-hydrogen) atoms. The Balaban J connectivity index is 2.22. The van der Waals surface area contributed by atoms with Gasteiger partial charge in [0.15, 0.2) is 0 Å². The topological polar surface area (TPSA) is 0 Å². The maximum absolute atomic E-state index is 2.30. The van der Waals surface area contributed by atoms with Crippen LogP contribution < -0.4 is 0 Å². The lowest BCUT2D eigenvalue weighted by molar-refractivity contribution is 0.919. The van der Waals surface area contributed by atoms with Gasteiger partial charge < -0.3 is 0 Å². The standard InChI is InChI=1S/C15H18/c1-12-7-3-5-9-14(12)11-15-10-6-4-8-13(15)2/h3,5-7,9-10H,4,8,11H2,1-2H3. The highest BCUT2D eigenvalue weighted by Gasteiger charge is 2.06. The van der Waals surface area contributed by atoms with E-state index >= 15 is 0 Å². The first-order valence-corrected chi connectivity index (χ1v) is 5.67. The lowest BCUT2D eigenvalue weighted by atomic mass is 9.92. The van der Waals surface area contributed by atoms with Crippen molar-refractivity contribution in [2.24, 2.45) is 0 Å². The van der Waals surface area contributed by atoms with Gasteiger partial charge in [-0.1, -0.05) is 42.0 Å². The van der Waals surface area contributed by atoms with E-state index in [2.05, 4.69) is 50.3 Å². The summed E-state index contributed by atoms with van der Waals surface area (Å²) in [6.45, 7) is 4.45. The molecule has 0 unspecified atom stereocenters. The summed E-state index contributed by atoms with van der Waals surface area (Å²) in [7, 11) is 0. The fraction of sp³-hybridized carbons (Fsp3) is 0.333. The molecule has 0 fully saturated rings. The molecular formula is C15H18. The van der Waals surface area contributed by atoms with Crippen LogP contribution in [-0.4, -0.2) is 0 Å². The van der Waals surface area contributed by atoms with Crippen LogP contribution in [-0.2, 0) is 6.42 Å². The molecule has 0 spiro atoms. The van der Waals surface area contributed by atoms with Gasteiger partial charge in [-0.15, -0.1) is 0 Å². The molecule has 1 aliphatic carbocycles. The highest BCUT2D eigenvalue weighted by Crippen LogP contribution is 2.22. The van der Waals surface area contributed by atoms with Gasteiger partial charge in [-0.2, -0.15) is 0 Å². The first kappa shape index (κ1) is 10.2. The lowest BCUT2D eigenvalue weighted by Gasteiger charge is -2.13. The predicted octanol–water partition coefficient (Wildman–Crippen LogP) is 4.20.